The summed E-state index contributed by atoms with van der Waals surface area (Å²) in [7, 11) is 0. The number of nitro groups is 1. The van der Waals surface area contributed by atoms with Crippen LogP contribution in [-0.4, -0.2) is 32.4 Å². The van der Waals surface area contributed by atoms with E-state index in [1.807, 2.05) is 0 Å². The number of carboxylic acid groups (broad SMARTS) is 1. The van der Waals surface area contributed by atoms with E-state index in [2.05, 4.69) is 36.4 Å². The molecule has 4 aliphatic carbocycles. The zero-order chi connectivity index (χ0) is 27.5. The first-order valence-corrected chi connectivity index (χ1v) is 15.0. The average molecular weight is 539 g/mol. The molecule has 0 saturated heterocycles. The molecule has 9 heteroatoms. The van der Waals surface area contributed by atoms with Crippen LogP contribution in [0.3, 0.4) is 0 Å². The van der Waals surface area contributed by atoms with E-state index in [9.17, 15) is 20.0 Å². The van der Waals surface area contributed by atoms with Crippen LogP contribution in [0.15, 0.2) is 16.8 Å². The Morgan fingerprint density at radius 1 is 1.10 bits per heavy atom. The van der Waals surface area contributed by atoms with Crippen molar-refractivity contribution >= 4 is 28.4 Å². The fourth-order valence-electron chi connectivity index (χ4n) is 10.3. The van der Waals surface area contributed by atoms with Crippen LogP contribution < -0.4 is 5.32 Å². The van der Waals surface area contributed by atoms with Crippen molar-refractivity contribution in [2.75, 3.05) is 5.32 Å². The molecular weight excluding hydrogens is 496 g/mol. The molecule has 4 aliphatic rings. The predicted octanol–water partition coefficient (Wildman–Crippen LogP) is 7.07. The van der Waals surface area contributed by atoms with Gasteiger partial charge >= 0.3 is 11.7 Å². The van der Waals surface area contributed by atoms with Crippen LogP contribution in [0.2, 0.25) is 0 Å². The molecular formula is C30H42N4O5. The first-order chi connectivity index (χ1) is 18.6. The summed E-state index contributed by atoms with van der Waals surface area (Å²) >= 11 is 0. The zero-order valence-corrected chi connectivity index (χ0v) is 23.4. The number of aromatic nitrogens is 2. The van der Waals surface area contributed by atoms with Crippen molar-refractivity contribution in [3.63, 3.8) is 0 Å². The van der Waals surface area contributed by atoms with Gasteiger partial charge in [-0.25, -0.2) is 4.63 Å². The Balaban J connectivity index is 1.15. The van der Waals surface area contributed by atoms with Crippen molar-refractivity contribution in [3.8, 4) is 0 Å². The standard InChI is InChI=1S/C30H42N4O5/c1-17(4-11-26(35)36)21-7-8-22-20-6-5-18-16-19(12-14-29(18,2)23(20)13-15-30(21,22)3)31-24-9-10-25(34(37)38)28-27(24)32-39-33-28/h9-10,17-23,31H,4-8,11-16H2,1-3H3,(H,35,36)/t17?,18-,19-,20?,21?,22?,23?,29+,30-/m1/s1. The molecule has 0 amide bonds. The molecule has 4 fully saturated rings. The fourth-order valence-corrected chi connectivity index (χ4v) is 10.3. The van der Waals surface area contributed by atoms with E-state index in [1.54, 1.807) is 6.07 Å². The number of anilines is 1. The monoisotopic (exact) mass is 538 g/mol. The minimum atomic E-state index is -0.669. The van der Waals surface area contributed by atoms with E-state index in [4.69, 9.17) is 4.63 Å². The van der Waals surface area contributed by atoms with Crippen molar-refractivity contribution in [1.82, 2.24) is 10.3 Å². The van der Waals surface area contributed by atoms with Gasteiger partial charge in [0.15, 0.2) is 5.52 Å². The van der Waals surface area contributed by atoms with Gasteiger partial charge in [-0.1, -0.05) is 20.8 Å². The maximum absolute atomic E-state index is 11.4. The average Bonchev–Trinajstić information content (AvgIpc) is 3.52. The highest BCUT2D eigenvalue weighted by Gasteiger charge is 2.60. The molecule has 1 aromatic heterocycles. The minimum Gasteiger partial charge on any atom is -0.481 e. The molecule has 9 nitrogen and oxygen atoms in total. The topological polar surface area (TPSA) is 131 Å². The molecule has 2 N–H and O–H groups in total. The van der Waals surface area contributed by atoms with Gasteiger partial charge in [-0.3, -0.25) is 14.9 Å². The highest BCUT2D eigenvalue weighted by atomic mass is 16.6. The van der Waals surface area contributed by atoms with E-state index < -0.39 is 10.9 Å². The van der Waals surface area contributed by atoms with Crippen molar-refractivity contribution < 1.29 is 19.5 Å². The molecule has 1 aromatic carbocycles. The minimum absolute atomic E-state index is 0.0823. The van der Waals surface area contributed by atoms with Crippen LogP contribution in [0.5, 0.6) is 0 Å². The summed E-state index contributed by atoms with van der Waals surface area (Å²) < 4.78 is 4.86. The van der Waals surface area contributed by atoms with Crippen molar-refractivity contribution in [2.24, 2.45) is 46.3 Å². The molecule has 39 heavy (non-hydrogen) atoms. The third-order valence-corrected chi connectivity index (χ3v) is 12.2. The van der Waals surface area contributed by atoms with Gasteiger partial charge in [-0.15, -0.1) is 0 Å². The summed E-state index contributed by atoms with van der Waals surface area (Å²) in [6.07, 6.45) is 12.2. The molecule has 0 bridgehead atoms. The predicted molar refractivity (Wildman–Crippen MR) is 147 cm³/mol. The Labute approximate surface area is 229 Å². The van der Waals surface area contributed by atoms with Crippen LogP contribution in [0, 0.1) is 56.5 Å². The number of fused-ring (bicyclic) bond motifs is 6. The SMILES string of the molecule is CC(CCC(=O)O)C1CCC2C3CC[C@@H]4C[C@H](Nc5ccc([N+](=O)[O-])c6nonc56)CC[C@]4(C)C3CC[C@]12C. The zero-order valence-electron chi connectivity index (χ0n) is 23.4. The number of hydrogen-bond donors (Lipinski definition) is 2. The van der Waals surface area contributed by atoms with Crippen molar-refractivity contribution in [2.45, 2.75) is 97.4 Å². The summed E-state index contributed by atoms with van der Waals surface area (Å²) in [6, 6.07) is 3.54. The number of hydrogen-bond acceptors (Lipinski definition) is 7. The van der Waals surface area contributed by atoms with Crippen LogP contribution in [0.1, 0.15) is 91.4 Å². The molecule has 9 atom stereocenters. The van der Waals surface area contributed by atoms with Crippen molar-refractivity contribution in [3.05, 3.63) is 22.2 Å². The number of carbonyl (C=O) groups is 1. The number of non-ortho nitro benzene ring substituents is 1. The number of nitrogens with one attached hydrogen (secondary N) is 1. The summed E-state index contributed by atoms with van der Waals surface area (Å²) in [5.74, 6) is 3.47. The van der Waals surface area contributed by atoms with E-state index in [1.165, 1.54) is 51.0 Å². The second-order valence-electron chi connectivity index (χ2n) is 13.8. The van der Waals surface area contributed by atoms with Crippen molar-refractivity contribution in [1.29, 1.82) is 0 Å². The van der Waals surface area contributed by atoms with Gasteiger partial charge in [0, 0.05) is 18.5 Å². The normalized spacial score (nSPS) is 38.4. The lowest BCUT2D eigenvalue weighted by atomic mass is 9.44. The van der Waals surface area contributed by atoms with E-state index >= 15 is 0 Å². The third-order valence-electron chi connectivity index (χ3n) is 12.2. The molecule has 4 saturated carbocycles. The lowest BCUT2D eigenvalue weighted by Crippen LogP contribution is -2.54. The molecule has 212 valence electrons. The summed E-state index contributed by atoms with van der Waals surface area (Å²) in [5.41, 5.74) is 2.02. The smallest absolute Gasteiger partial charge is 0.303 e. The molecule has 1 heterocycles. The van der Waals surface area contributed by atoms with Gasteiger partial charge in [0.25, 0.3) is 0 Å². The molecule has 0 radical (unpaired) electrons. The number of aliphatic carboxylic acids is 1. The first kappa shape index (κ1) is 26.5. The molecule has 0 aliphatic heterocycles. The largest absolute Gasteiger partial charge is 0.481 e. The van der Waals surface area contributed by atoms with Crippen LogP contribution in [0.25, 0.3) is 11.0 Å². The lowest BCUT2D eigenvalue weighted by molar-refractivity contribution is -0.383. The highest BCUT2D eigenvalue weighted by Crippen LogP contribution is 2.68. The van der Waals surface area contributed by atoms with E-state index in [-0.39, 0.29) is 17.6 Å². The molecule has 6 rings (SSSR count). The Bertz CT molecular complexity index is 1260. The maximum Gasteiger partial charge on any atom is 0.303 e. The van der Waals surface area contributed by atoms with Crippen LogP contribution >= 0.6 is 0 Å². The van der Waals surface area contributed by atoms with Gasteiger partial charge in [0.2, 0.25) is 5.52 Å². The van der Waals surface area contributed by atoms with Gasteiger partial charge in [0.05, 0.1) is 10.6 Å². The Morgan fingerprint density at radius 2 is 1.85 bits per heavy atom. The van der Waals surface area contributed by atoms with E-state index in [0.717, 1.165) is 42.7 Å². The molecule has 5 unspecified atom stereocenters. The summed E-state index contributed by atoms with van der Waals surface area (Å²) in [6.45, 7) is 7.41. The van der Waals surface area contributed by atoms with E-state index in [0.29, 0.717) is 40.1 Å². The number of nitro benzene ring substituents is 1. The summed E-state index contributed by atoms with van der Waals surface area (Å²) in [4.78, 5) is 22.1. The first-order valence-electron chi connectivity index (χ1n) is 15.0. The highest BCUT2D eigenvalue weighted by molar-refractivity contribution is 5.93. The quantitative estimate of drug-likeness (QED) is 0.282. The number of carboxylic acids is 1. The Kier molecular flexibility index (Phi) is 6.62. The third kappa shape index (κ3) is 4.31. The second kappa shape index (κ2) is 9.73. The molecule has 2 aromatic rings. The fraction of sp³-hybridized carbons (Fsp3) is 0.767. The van der Waals surface area contributed by atoms with Crippen LogP contribution in [0.4, 0.5) is 11.4 Å². The van der Waals surface area contributed by atoms with Gasteiger partial charge in [0.1, 0.15) is 0 Å². The Morgan fingerprint density at radius 3 is 2.62 bits per heavy atom. The lowest BCUT2D eigenvalue weighted by Gasteiger charge is -2.61. The number of nitrogens with zero attached hydrogens (tertiary/aromatic N) is 3. The van der Waals surface area contributed by atoms with Gasteiger partial charge in [-0.2, -0.15) is 0 Å². The number of benzene rings is 1. The maximum atomic E-state index is 11.4. The Hall–Kier alpha value is -2.71. The number of rotatable bonds is 7. The van der Waals surface area contributed by atoms with Gasteiger partial charge in [-0.05, 0) is 127 Å². The van der Waals surface area contributed by atoms with Gasteiger partial charge < -0.3 is 10.4 Å². The molecule has 0 spiro atoms. The second-order valence-corrected chi connectivity index (χ2v) is 13.8. The summed E-state index contributed by atoms with van der Waals surface area (Å²) in [5, 5.41) is 32.0. The van der Waals surface area contributed by atoms with Crippen LogP contribution in [-0.2, 0) is 4.79 Å².